The molecule has 1 nitrogen and oxygen atoms in total. The second kappa shape index (κ2) is 2.20. The Morgan fingerprint density at radius 2 is 2.00 bits per heavy atom. The highest BCUT2D eigenvalue weighted by atomic mass is 35.7. The summed E-state index contributed by atoms with van der Waals surface area (Å²) in [7, 11) is 0. The average molecular weight is 147 g/mol. The molecule has 0 aromatic heterocycles. The molecule has 6 heavy (non-hydrogen) atoms. The quantitative estimate of drug-likeness (QED) is 0.410. The molecule has 0 aliphatic heterocycles. The van der Waals surface area contributed by atoms with Crippen molar-refractivity contribution >= 4 is 29.3 Å². The highest BCUT2D eigenvalue weighted by molar-refractivity contribution is 7.89. The van der Waals surface area contributed by atoms with Gasteiger partial charge in [0, 0.05) is 6.66 Å². The first-order chi connectivity index (χ1) is 2.56. The predicted molar refractivity (Wildman–Crippen MR) is 30.1 cm³/mol. The van der Waals surface area contributed by atoms with Crippen molar-refractivity contribution in [2.45, 2.75) is 0 Å². The first-order valence-electron chi connectivity index (χ1n) is 1.38. The molecule has 0 saturated carbocycles. The summed E-state index contributed by atoms with van der Waals surface area (Å²) in [6.07, 6.45) is 0. The number of rotatable bonds is 1. The fraction of sp³-hybridized carbons (Fsp3) is 1.00. The minimum Gasteiger partial charge on any atom is -0.306 e. The van der Waals surface area contributed by atoms with Crippen molar-refractivity contribution in [3.8, 4) is 0 Å². The minimum atomic E-state index is -2.41. The Morgan fingerprint density at radius 3 is 2.00 bits per heavy atom. The lowest BCUT2D eigenvalue weighted by Gasteiger charge is -1.90. The van der Waals surface area contributed by atoms with Gasteiger partial charge in [-0.1, -0.05) is 11.2 Å². The van der Waals surface area contributed by atoms with Crippen LogP contribution < -0.4 is 0 Å². The highest BCUT2D eigenvalue weighted by Gasteiger charge is 2.04. The van der Waals surface area contributed by atoms with E-state index in [9.17, 15) is 4.57 Å². The number of halogens is 2. The van der Waals surface area contributed by atoms with Crippen LogP contribution in [0.4, 0.5) is 0 Å². The lowest BCUT2D eigenvalue weighted by Crippen LogP contribution is -1.62. The van der Waals surface area contributed by atoms with E-state index in [1.165, 1.54) is 6.66 Å². The van der Waals surface area contributed by atoms with Crippen LogP contribution >= 0.6 is 29.3 Å². The molecule has 0 fully saturated rings. The minimum absolute atomic E-state index is 0.0640. The molecule has 4 heteroatoms. The van der Waals surface area contributed by atoms with E-state index < -0.39 is 6.49 Å². The van der Waals surface area contributed by atoms with Crippen LogP contribution in [0.5, 0.6) is 0 Å². The van der Waals surface area contributed by atoms with Gasteiger partial charge in [-0.2, -0.15) is 0 Å². The molecule has 0 radical (unpaired) electrons. The summed E-state index contributed by atoms with van der Waals surface area (Å²) in [4.78, 5) is 0. The molecular formula is C2H5Cl2OP. The van der Waals surface area contributed by atoms with E-state index in [0.29, 0.717) is 0 Å². The standard InChI is InChI=1S/C2H5Cl2OP/c1-6(4,5)2-3/h2H2,1H3/t6-/m0/s1. The van der Waals surface area contributed by atoms with E-state index in [4.69, 9.17) is 22.8 Å². The average Bonchev–Trinajstić information content (AvgIpc) is 1.35. The smallest absolute Gasteiger partial charge is 0.180 e. The molecule has 0 aliphatic rings. The van der Waals surface area contributed by atoms with Gasteiger partial charge in [-0.25, -0.2) is 0 Å². The number of hydrogen-bond donors (Lipinski definition) is 0. The van der Waals surface area contributed by atoms with E-state index >= 15 is 0 Å². The van der Waals surface area contributed by atoms with Gasteiger partial charge in [0.15, 0.2) is 6.49 Å². The molecule has 0 aromatic rings. The van der Waals surface area contributed by atoms with Crippen molar-refractivity contribution in [1.82, 2.24) is 0 Å². The molecule has 0 saturated heterocycles. The zero-order valence-electron chi connectivity index (χ0n) is 3.32. The predicted octanol–water partition coefficient (Wildman–Crippen LogP) is 2.33. The number of hydrogen-bond acceptors (Lipinski definition) is 1. The number of alkyl halides is 1. The van der Waals surface area contributed by atoms with Crippen LogP contribution in [0.15, 0.2) is 0 Å². The lowest BCUT2D eigenvalue weighted by atomic mass is 11.9. The zero-order chi connectivity index (χ0) is 5.21. The van der Waals surface area contributed by atoms with Gasteiger partial charge in [0.1, 0.15) is 0 Å². The van der Waals surface area contributed by atoms with E-state index in [1.54, 1.807) is 0 Å². The summed E-state index contributed by atoms with van der Waals surface area (Å²) >= 11 is 10.2. The molecular weight excluding hydrogens is 142 g/mol. The molecule has 0 N–H and O–H groups in total. The molecule has 0 spiro atoms. The molecule has 0 heterocycles. The van der Waals surface area contributed by atoms with Crippen LogP contribution in [-0.4, -0.2) is 12.3 Å². The third-order valence-electron chi connectivity index (χ3n) is 0.213. The van der Waals surface area contributed by atoms with Crippen LogP contribution in [0.2, 0.25) is 0 Å². The van der Waals surface area contributed by atoms with Crippen LogP contribution in [0.25, 0.3) is 0 Å². The maximum atomic E-state index is 10.2. The molecule has 0 aromatic carbocycles. The Kier molecular flexibility index (Phi) is 2.50. The van der Waals surface area contributed by atoms with E-state index in [2.05, 4.69) is 0 Å². The van der Waals surface area contributed by atoms with Gasteiger partial charge in [0.25, 0.3) is 0 Å². The maximum Gasteiger partial charge on any atom is 0.180 e. The second-order valence-corrected chi connectivity index (χ2v) is 6.18. The zero-order valence-corrected chi connectivity index (χ0v) is 5.72. The Hall–Kier alpha value is 0.810. The van der Waals surface area contributed by atoms with Crippen LogP contribution in [0, 0.1) is 0 Å². The summed E-state index contributed by atoms with van der Waals surface area (Å²) in [5.41, 5.74) is 0.0640. The van der Waals surface area contributed by atoms with Crippen LogP contribution in [0.1, 0.15) is 0 Å². The van der Waals surface area contributed by atoms with Gasteiger partial charge < -0.3 is 4.57 Å². The van der Waals surface area contributed by atoms with E-state index in [-0.39, 0.29) is 5.62 Å². The maximum absolute atomic E-state index is 10.2. The van der Waals surface area contributed by atoms with Crippen LogP contribution in [-0.2, 0) is 4.57 Å². The Balaban J connectivity index is 3.48. The van der Waals surface area contributed by atoms with Gasteiger partial charge in [-0.15, -0.1) is 11.6 Å². The lowest BCUT2D eigenvalue weighted by molar-refractivity contribution is 0.590. The largest absolute Gasteiger partial charge is 0.306 e. The van der Waals surface area contributed by atoms with Crippen molar-refractivity contribution in [2.24, 2.45) is 0 Å². The topological polar surface area (TPSA) is 17.1 Å². The van der Waals surface area contributed by atoms with Crippen molar-refractivity contribution in [2.75, 3.05) is 12.3 Å². The van der Waals surface area contributed by atoms with Gasteiger partial charge >= 0.3 is 0 Å². The molecule has 1 atom stereocenters. The first kappa shape index (κ1) is 6.81. The fourth-order valence-electron chi connectivity index (χ4n) is 0. The van der Waals surface area contributed by atoms with E-state index in [0.717, 1.165) is 0 Å². The van der Waals surface area contributed by atoms with Crippen molar-refractivity contribution in [3.05, 3.63) is 0 Å². The molecule has 0 rings (SSSR count). The van der Waals surface area contributed by atoms with Gasteiger partial charge in [-0.3, -0.25) is 0 Å². The SMILES string of the molecule is C[P@@](=O)(Cl)CCl. The fourth-order valence-corrected chi connectivity index (χ4v) is 0. The second-order valence-electron chi connectivity index (χ2n) is 1.10. The first-order valence-corrected chi connectivity index (χ1v) is 5.16. The third-order valence-corrected chi connectivity index (χ3v) is 2.73. The molecule has 38 valence electrons. The van der Waals surface area contributed by atoms with E-state index in [1.807, 2.05) is 0 Å². The monoisotopic (exact) mass is 146 g/mol. The summed E-state index contributed by atoms with van der Waals surface area (Å²) in [6.45, 7) is -0.977. The van der Waals surface area contributed by atoms with Crippen molar-refractivity contribution in [1.29, 1.82) is 0 Å². The summed E-state index contributed by atoms with van der Waals surface area (Å²) < 4.78 is 10.2. The van der Waals surface area contributed by atoms with Gasteiger partial charge in [0.05, 0.1) is 5.62 Å². The van der Waals surface area contributed by atoms with Gasteiger partial charge in [-0.05, 0) is 0 Å². The third kappa shape index (κ3) is 4.81. The molecule has 0 unspecified atom stereocenters. The van der Waals surface area contributed by atoms with Crippen molar-refractivity contribution < 1.29 is 4.57 Å². The Labute approximate surface area is 46.8 Å². The Bertz CT molecular complexity index is 75.6. The normalized spacial score (nSPS) is 19.8. The van der Waals surface area contributed by atoms with Gasteiger partial charge in [0.2, 0.25) is 0 Å². The van der Waals surface area contributed by atoms with Crippen molar-refractivity contribution in [3.63, 3.8) is 0 Å². The Morgan fingerprint density at radius 1 is 1.83 bits per heavy atom. The molecule has 0 amide bonds. The summed E-state index contributed by atoms with van der Waals surface area (Å²) in [5, 5.41) is 0. The highest BCUT2D eigenvalue weighted by Crippen LogP contribution is 2.47. The van der Waals surface area contributed by atoms with Crippen LogP contribution in [0.3, 0.4) is 0 Å². The summed E-state index contributed by atoms with van der Waals surface area (Å²) in [6, 6.07) is 0. The molecule has 0 bridgehead atoms. The molecule has 0 aliphatic carbocycles. The summed E-state index contributed by atoms with van der Waals surface area (Å²) in [5.74, 6) is 0.